The van der Waals surface area contributed by atoms with E-state index in [1.165, 1.54) is 16.8 Å². The van der Waals surface area contributed by atoms with Gasteiger partial charge in [-0.1, -0.05) is 24.3 Å². The van der Waals surface area contributed by atoms with Gasteiger partial charge < -0.3 is 5.32 Å². The van der Waals surface area contributed by atoms with Crippen molar-refractivity contribution in [3.05, 3.63) is 51.5 Å². The van der Waals surface area contributed by atoms with E-state index < -0.39 is 0 Å². The normalized spacial score (nSPS) is 19.0. The number of rotatable bonds is 2. The standard InChI is InChI=1S/C14H16N2S/c1-10-16-12(9-17-10)8-14-13-5-3-2-4-11(13)6-7-15-14/h2-5,9,14-15H,6-8H2,1H3. The van der Waals surface area contributed by atoms with Crippen LogP contribution in [0.25, 0.3) is 0 Å². The zero-order valence-electron chi connectivity index (χ0n) is 9.94. The van der Waals surface area contributed by atoms with Crippen LogP contribution >= 0.6 is 11.3 Å². The third kappa shape index (κ3) is 2.26. The summed E-state index contributed by atoms with van der Waals surface area (Å²) in [5.41, 5.74) is 4.15. The molecule has 1 N–H and O–H groups in total. The number of aromatic nitrogens is 1. The van der Waals surface area contributed by atoms with Crippen molar-refractivity contribution in [3.8, 4) is 0 Å². The average molecular weight is 244 g/mol. The topological polar surface area (TPSA) is 24.9 Å². The van der Waals surface area contributed by atoms with Crippen molar-refractivity contribution in [1.82, 2.24) is 10.3 Å². The first kappa shape index (κ1) is 10.9. The van der Waals surface area contributed by atoms with Crippen molar-refractivity contribution in [2.45, 2.75) is 25.8 Å². The number of benzene rings is 1. The molecule has 0 aliphatic carbocycles. The van der Waals surface area contributed by atoms with Crippen LogP contribution in [0, 0.1) is 6.92 Å². The predicted molar refractivity (Wildman–Crippen MR) is 71.4 cm³/mol. The predicted octanol–water partition coefficient (Wildman–Crippen LogP) is 2.88. The summed E-state index contributed by atoms with van der Waals surface area (Å²) in [7, 11) is 0. The van der Waals surface area contributed by atoms with Crippen LogP contribution in [0.2, 0.25) is 0 Å². The fourth-order valence-electron chi connectivity index (χ4n) is 2.49. The Morgan fingerprint density at radius 1 is 1.41 bits per heavy atom. The maximum Gasteiger partial charge on any atom is 0.0897 e. The van der Waals surface area contributed by atoms with Crippen LogP contribution < -0.4 is 5.32 Å². The van der Waals surface area contributed by atoms with E-state index in [1.807, 2.05) is 0 Å². The van der Waals surface area contributed by atoms with E-state index >= 15 is 0 Å². The Morgan fingerprint density at radius 3 is 3.12 bits per heavy atom. The molecule has 0 saturated carbocycles. The number of fused-ring (bicyclic) bond motifs is 1. The van der Waals surface area contributed by atoms with Gasteiger partial charge in [0.25, 0.3) is 0 Å². The molecule has 0 radical (unpaired) electrons. The van der Waals surface area contributed by atoms with Crippen LogP contribution in [0.15, 0.2) is 29.6 Å². The maximum absolute atomic E-state index is 4.56. The molecule has 0 fully saturated rings. The quantitative estimate of drug-likeness (QED) is 0.878. The molecule has 2 heterocycles. The first-order valence-corrected chi connectivity index (χ1v) is 6.93. The lowest BCUT2D eigenvalue weighted by atomic mass is 9.92. The molecule has 0 amide bonds. The van der Waals surface area contributed by atoms with Gasteiger partial charge in [-0.3, -0.25) is 0 Å². The molecule has 1 atom stereocenters. The van der Waals surface area contributed by atoms with Gasteiger partial charge in [0.2, 0.25) is 0 Å². The van der Waals surface area contributed by atoms with Crippen LogP contribution in [0.4, 0.5) is 0 Å². The van der Waals surface area contributed by atoms with Gasteiger partial charge in [-0.25, -0.2) is 4.98 Å². The lowest BCUT2D eigenvalue weighted by molar-refractivity contribution is 0.499. The summed E-state index contributed by atoms with van der Waals surface area (Å²) in [6.45, 7) is 3.14. The minimum absolute atomic E-state index is 0.432. The van der Waals surface area contributed by atoms with E-state index in [2.05, 4.69) is 46.9 Å². The highest BCUT2D eigenvalue weighted by atomic mass is 32.1. The zero-order valence-corrected chi connectivity index (χ0v) is 10.8. The monoisotopic (exact) mass is 244 g/mol. The summed E-state index contributed by atoms with van der Waals surface area (Å²) in [5.74, 6) is 0. The molecular formula is C14H16N2S. The summed E-state index contributed by atoms with van der Waals surface area (Å²) < 4.78 is 0. The van der Waals surface area contributed by atoms with E-state index in [-0.39, 0.29) is 0 Å². The molecule has 1 unspecified atom stereocenters. The highest BCUT2D eigenvalue weighted by Crippen LogP contribution is 2.26. The molecule has 3 rings (SSSR count). The van der Waals surface area contributed by atoms with Gasteiger partial charge in [0.05, 0.1) is 10.7 Å². The highest BCUT2D eigenvalue weighted by molar-refractivity contribution is 7.09. The lowest BCUT2D eigenvalue weighted by Gasteiger charge is -2.26. The first-order valence-electron chi connectivity index (χ1n) is 6.05. The fourth-order valence-corrected chi connectivity index (χ4v) is 3.11. The molecule has 17 heavy (non-hydrogen) atoms. The van der Waals surface area contributed by atoms with Gasteiger partial charge in [0, 0.05) is 17.8 Å². The molecule has 1 aromatic carbocycles. The van der Waals surface area contributed by atoms with Gasteiger partial charge in [0.1, 0.15) is 0 Å². The molecule has 2 nitrogen and oxygen atoms in total. The maximum atomic E-state index is 4.56. The summed E-state index contributed by atoms with van der Waals surface area (Å²) >= 11 is 1.74. The Balaban J connectivity index is 1.85. The van der Waals surface area contributed by atoms with Crippen LogP contribution in [0.1, 0.15) is 27.9 Å². The van der Waals surface area contributed by atoms with Crippen LogP contribution in [0.5, 0.6) is 0 Å². The second-order valence-corrected chi connectivity index (χ2v) is 5.58. The van der Waals surface area contributed by atoms with E-state index in [4.69, 9.17) is 0 Å². The molecule has 0 saturated heterocycles. The largest absolute Gasteiger partial charge is 0.309 e. The second kappa shape index (κ2) is 4.59. The van der Waals surface area contributed by atoms with Crippen molar-refractivity contribution in [1.29, 1.82) is 0 Å². The van der Waals surface area contributed by atoms with Gasteiger partial charge in [0.15, 0.2) is 0 Å². The van der Waals surface area contributed by atoms with Gasteiger partial charge in [-0.2, -0.15) is 0 Å². The second-order valence-electron chi connectivity index (χ2n) is 4.52. The van der Waals surface area contributed by atoms with Gasteiger partial charge >= 0.3 is 0 Å². The Morgan fingerprint density at radius 2 is 2.29 bits per heavy atom. The fraction of sp³-hybridized carbons (Fsp3) is 0.357. The molecule has 1 aromatic heterocycles. The zero-order chi connectivity index (χ0) is 11.7. The number of hydrogen-bond donors (Lipinski definition) is 1. The van der Waals surface area contributed by atoms with E-state index in [9.17, 15) is 0 Å². The Labute approximate surface area is 106 Å². The molecule has 2 aromatic rings. The number of hydrogen-bond acceptors (Lipinski definition) is 3. The van der Waals surface area contributed by atoms with Crippen LogP contribution in [-0.2, 0) is 12.8 Å². The number of nitrogens with zero attached hydrogens (tertiary/aromatic N) is 1. The SMILES string of the molecule is Cc1nc(CC2NCCc3ccccc32)cs1. The summed E-state index contributed by atoms with van der Waals surface area (Å²) in [6.07, 6.45) is 2.14. The van der Waals surface area contributed by atoms with Gasteiger partial charge in [-0.15, -0.1) is 11.3 Å². The smallest absolute Gasteiger partial charge is 0.0897 e. The molecule has 0 spiro atoms. The highest BCUT2D eigenvalue weighted by Gasteiger charge is 2.19. The third-order valence-electron chi connectivity index (χ3n) is 3.30. The molecule has 88 valence electrons. The van der Waals surface area contributed by atoms with Crippen LogP contribution in [0.3, 0.4) is 0 Å². The van der Waals surface area contributed by atoms with E-state index in [0.29, 0.717) is 6.04 Å². The molecular weight excluding hydrogens is 228 g/mol. The van der Waals surface area contributed by atoms with E-state index in [0.717, 1.165) is 24.4 Å². The summed E-state index contributed by atoms with van der Waals surface area (Å²) in [4.78, 5) is 4.56. The van der Waals surface area contributed by atoms with Crippen molar-refractivity contribution < 1.29 is 0 Å². The van der Waals surface area contributed by atoms with Crippen molar-refractivity contribution in [2.24, 2.45) is 0 Å². The van der Waals surface area contributed by atoms with Crippen molar-refractivity contribution >= 4 is 11.3 Å². The minimum Gasteiger partial charge on any atom is -0.309 e. The Hall–Kier alpha value is -1.19. The van der Waals surface area contributed by atoms with Crippen molar-refractivity contribution in [3.63, 3.8) is 0 Å². The van der Waals surface area contributed by atoms with Crippen molar-refractivity contribution in [2.75, 3.05) is 6.54 Å². The number of thiazole rings is 1. The lowest BCUT2D eigenvalue weighted by Crippen LogP contribution is -2.31. The van der Waals surface area contributed by atoms with E-state index in [1.54, 1.807) is 11.3 Å². The van der Waals surface area contributed by atoms with Gasteiger partial charge in [-0.05, 0) is 31.0 Å². The summed E-state index contributed by atoms with van der Waals surface area (Å²) in [6, 6.07) is 9.18. The third-order valence-corrected chi connectivity index (χ3v) is 4.12. The first-order chi connectivity index (χ1) is 8.33. The Bertz CT molecular complexity index is 518. The molecule has 1 aliphatic heterocycles. The average Bonchev–Trinajstić information content (AvgIpc) is 2.75. The molecule has 0 bridgehead atoms. The minimum atomic E-state index is 0.432. The number of aryl methyl sites for hydroxylation is 1. The summed E-state index contributed by atoms with van der Waals surface area (Å²) in [5, 5.41) is 6.93. The Kier molecular flexibility index (Phi) is 2.95. The number of nitrogens with one attached hydrogen (secondary N) is 1. The van der Waals surface area contributed by atoms with Crippen LogP contribution in [-0.4, -0.2) is 11.5 Å². The molecule has 3 heteroatoms. The molecule has 1 aliphatic rings.